The normalized spacial score (nSPS) is 13.6. The van der Waals surface area contributed by atoms with Crippen molar-refractivity contribution in [2.75, 3.05) is 19.7 Å². The van der Waals surface area contributed by atoms with E-state index in [1.807, 2.05) is 51.1 Å². The molecule has 0 aliphatic carbocycles. The van der Waals surface area contributed by atoms with Gasteiger partial charge in [-0.05, 0) is 26.3 Å². The van der Waals surface area contributed by atoms with Crippen LogP contribution >= 0.6 is 0 Å². The first-order valence-corrected chi connectivity index (χ1v) is 6.07. The van der Waals surface area contributed by atoms with Crippen LogP contribution in [0.15, 0.2) is 30.3 Å². The number of aliphatic hydroxyl groups is 1. The Balaban J connectivity index is 2.15. The minimum Gasteiger partial charge on any atom is -0.387 e. The van der Waals surface area contributed by atoms with Crippen molar-refractivity contribution in [2.24, 2.45) is 0 Å². The highest BCUT2D eigenvalue weighted by Gasteiger charge is 2.09. The maximum Gasteiger partial charge on any atom is 0.0914 e. The lowest BCUT2D eigenvalue weighted by Gasteiger charge is -2.20. The lowest BCUT2D eigenvalue weighted by Crippen LogP contribution is -2.29. The first kappa shape index (κ1) is 14.2. The van der Waals surface area contributed by atoms with E-state index in [0.717, 1.165) is 12.1 Å². The number of ether oxygens (including phenoxy) is 1. The van der Waals surface area contributed by atoms with Gasteiger partial charge in [-0.2, -0.15) is 0 Å². The van der Waals surface area contributed by atoms with Crippen LogP contribution in [0, 0.1) is 0 Å². The van der Waals surface area contributed by atoms with Gasteiger partial charge in [0.25, 0.3) is 0 Å². The summed E-state index contributed by atoms with van der Waals surface area (Å²) in [5, 5.41) is 13.1. The zero-order valence-corrected chi connectivity index (χ0v) is 10.9. The first-order valence-electron chi connectivity index (χ1n) is 6.07. The molecule has 2 N–H and O–H groups in total. The van der Waals surface area contributed by atoms with E-state index >= 15 is 0 Å². The second-order valence-electron chi connectivity index (χ2n) is 5.09. The molecule has 96 valence electrons. The van der Waals surface area contributed by atoms with Crippen LogP contribution in [-0.2, 0) is 4.74 Å². The third-order valence-electron chi connectivity index (χ3n) is 2.34. The van der Waals surface area contributed by atoms with E-state index in [1.54, 1.807) is 0 Å². The summed E-state index contributed by atoms with van der Waals surface area (Å²) in [5.74, 6) is 0. The Morgan fingerprint density at radius 3 is 2.47 bits per heavy atom. The van der Waals surface area contributed by atoms with Crippen molar-refractivity contribution in [2.45, 2.75) is 32.5 Å². The lowest BCUT2D eigenvalue weighted by molar-refractivity contribution is -0.00157. The van der Waals surface area contributed by atoms with E-state index in [0.29, 0.717) is 13.2 Å². The van der Waals surface area contributed by atoms with Gasteiger partial charge in [0.15, 0.2) is 0 Å². The van der Waals surface area contributed by atoms with E-state index in [1.165, 1.54) is 0 Å². The zero-order valence-electron chi connectivity index (χ0n) is 10.9. The summed E-state index contributed by atoms with van der Waals surface area (Å²) in [7, 11) is 0. The van der Waals surface area contributed by atoms with Crippen LogP contribution in [-0.4, -0.2) is 30.4 Å². The molecular formula is C14H23NO2. The second-order valence-corrected chi connectivity index (χ2v) is 5.09. The van der Waals surface area contributed by atoms with Crippen molar-refractivity contribution in [1.29, 1.82) is 0 Å². The van der Waals surface area contributed by atoms with E-state index in [-0.39, 0.29) is 5.60 Å². The van der Waals surface area contributed by atoms with Gasteiger partial charge in [-0.3, -0.25) is 0 Å². The summed E-state index contributed by atoms with van der Waals surface area (Å²) in [6.45, 7) is 8.06. The number of hydrogen-bond acceptors (Lipinski definition) is 3. The van der Waals surface area contributed by atoms with Crippen molar-refractivity contribution >= 4 is 0 Å². The number of hydrogen-bond donors (Lipinski definition) is 2. The molecular weight excluding hydrogens is 214 g/mol. The van der Waals surface area contributed by atoms with Crippen molar-refractivity contribution in [3.05, 3.63) is 35.9 Å². The van der Waals surface area contributed by atoms with Crippen LogP contribution in [0.4, 0.5) is 0 Å². The van der Waals surface area contributed by atoms with Crippen molar-refractivity contribution in [1.82, 2.24) is 5.32 Å². The molecule has 0 saturated carbocycles. The Hall–Kier alpha value is -0.900. The van der Waals surface area contributed by atoms with E-state index in [4.69, 9.17) is 4.74 Å². The van der Waals surface area contributed by atoms with Crippen LogP contribution in [0.5, 0.6) is 0 Å². The minimum atomic E-state index is -0.453. The molecule has 3 heteroatoms. The van der Waals surface area contributed by atoms with E-state index in [9.17, 15) is 5.11 Å². The molecule has 17 heavy (non-hydrogen) atoms. The van der Waals surface area contributed by atoms with Gasteiger partial charge in [0.1, 0.15) is 0 Å². The van der Waals surface area contributed by atoms with Crippen LogP contribution in [0.1, 0.15) is 32.4 Å². The highest BCUT2D eigenvalue weighted by molar-refractivity contribution is 5.17. The predicted octanol–water partition coefficient (Wildman–Crippen LogP) is 2.12. The maximum atomic E-state index is 9.88. The average molecular weight is 237 g/mol. The van der Waals surface area contributed by atoms with Crippen LogP contribution < -0.4 is 5.32 Å². The number of nitrogens with one attached hydrogen (secondary N) is 1. The van der Waals surface area contributed by atoms with E-state index < -0.39 is 6.10 Å². The Kier molecular flexibility index (Phi) is 5.62. The summed E-state index contributed by atoms with van der Waals surface area (Å²) in [5.41, 5.74) is 0.844. The predicted molar refractivity (Wildman–Crippen MR) is 70.0 cm³/mol. The van der Waals surface area contributed by atoms with Gasteiger partial charge < -0.3 is 15.2 Å². The first-order chi connectivity index (χ1) is 7.99. The fraction of sp³-hybridized carbons (Fsp3) is 0.571. The quantitative estimate of drug-likeness (QED) is 0.745. The van der Waals surface area contributed by atoms with Gasteiger partial charge >= 0.3 is 0 Å². The molecule has 0 heterocycles. The van der Waals surface area contributed by atoms with Gasteiger partial charge in [-0.1, -0.05) is 30.3 Å². The number of rotatable bonds is 6. The summed E-state index contributed by atoms with van der Waals surface area (Å²) in [4.78, 5) is 0. The highest BCUT2D eigenvalue weighted by atomic mass is 16.5. The summed E-state index contributed by atoms with van der Waals surface area (Å²) in [6.07, 6.45) is -0.453. The van der Waals surface area contributed by atoms with Gasteiger partial charge in [-0.15, -0.1) is 0 Å². The molecule has 0 saturated heterocycles. The Bertz CT molecular complexity index is 306. The van der Waals surface area contributed by atoms with Gasteiger partial charge in [0.2, 0.25) is 0 Å². The molecule has 1 atom stereocenters. The summed E-state index contributed by atoms with van der Waals surface area (Å²) >= 11 is 0. The molecule has 0 aromatic heterocycles. The van der Waals surface area contributed by atoms with Gasteiger partial charge in [0, 0.05) is 13.1 Å². The molecule has 0 bridgehead atoms. The third-order valence-corrected chi connectivity index (χ3v) is 2.34. The Morgan fingerprint density at radius 2 is 1.88 bits per heavy atom. The molecule has 0 radical (unpaired) electrons. The fourth-order valence-corrected chi connectivity index (χ4v) is 1.46. The number of aliphatic hydroxyl groups excluding tert-OH is 1. The molecule has 0 spiro atoms. The third kappa shape index (κ3) is 6.41. The van der Waals surface area contributed by atoms with Gasteiger partial charge in [-0.25, -0.2) is 0 Å². The molecule has 1 unspecified atom stereocenters. The Morgan fingerprint density at radius 1 is 1.24 bits per heavy atom. The van der Waals surface area contributed by atoms with Crippen LogP contribution in [0.2, 0.25) is 0 Å². The van der Waals surface area contributed by atoms with Crippen molar-refractivity contribution in [3.8, 4) is 0 Å². The molecule has 0 fully saturated rings. The van der Waals surface area contributed by atoms with Crippen molar-refractivity contribution in [3.63, 3.8) is 0 Å². The standard InChI is InChI=1S/C14H23NO2/c1-14(2,3)17-10-9-15-11-13(16)12-7-5-4-6-8-12/h4-8,13,15-16H,9-11H2,1-3H3. The fourth-order valence-electron chi connectivity index (χ4n) is 1.46. The lowest BCUT2D eigenvalue weighted by atomic mass is 10.1. The largest absolute Gasteiger partial charge is 0.387 e. The molecule has 1 rings (SSSR count). The monoisotopic (exact) mass is 237 g/mol. The molecule has 1 aromatic carbocycles. The SMILES string of the molecule is CC(C)(C)OCCNCC(O)c1ccccc1. The zero-order chi connectivity index (χ0) is 12.7. The summed E-state index contributed by atoms with van der Waals surface area (Å²) in [6, 6.07) is 9.67. The van der Waals surface area contributed by atoms with Gasteiger partial charge in [0.05, 0.1) is 18.3 Å². The van der Waals surface area contributed by atoms with Crippen LogP contribution in [0.25, 0.3) is 0 Å². The Labute approximate surface area is 104 Å². The molecule has 1 aromatic rings. The molecule has 0 amide bonds. The molecule has 3 nitrogen and oxygen atoms in total. The average Bonchev–Trinajstić information content (AvgIpc) is 2.28. The highest BCUT2D eigenvalue weighted by Crippen LogP contribution is 2.10. The second kappa shape index (κ2) is 6.74. The summed E-state index contributed by atoms with van der Waals surface area (Å²) < 4.78 is 5.57. The number of benzene rings is 1. The molecule has 0 aliphatic rings. The maximum absolute atomic E-state index is 9.88. The smallest absolute Gasteiger partial charge is 0.0914 e. The minimum absolute atomic E-state index is 0.0975. The molecule has 0 aliphatic heterocycles. The van der Waals surface area contributed by atoms with E-state index in [2.05, 4.69) is 5.32 Å². The van der Waals surface area contributed by atoms with Crippen LogP contribution in [0.3, 0.4) is 0 Å². The van der Waals surface area contributed by atoms with Crippen molar-refractivity contribution < 1.29 is 9.84 Å². The topological polar surface area (TPSA) is 41.5 Å².